The summed E-state index contributed by atoms with van der Waals surface area (Å²) in [7, 11) is -0.728. The summed E-state index contributed by atoms with van der Waals surface area (Å²) < 4.78 is 11.1. The molecule has 4 heteroatoms. The van der Waals surface area contributed by atoms with E-state index in [9.17, 15) is 9.32 Å². The Balaban J connectivity index is 3.66. The van der Waals surface area contributed by atoms with Crippen molar-refractivity contribution in [2.75, 3.05) is 26.0 Å². The average Bonchev–Trinajstić information content (AvgIpc) is 2.23. The Kier molecular flexibility index (Phi) is 7.40. The summed E-state index contributed by atoms with van der Waals surface area (Å²) in [5, 5.41) is 12.8. The van der Waals surface area contributed by atoms with Gasteiger partial charge in [0, 0.05) is 40.9 Å². The van der Waals surface area contributed by atoms with Crippen LogP contribution in [0.2, 0.25) is 0 Å². The maximum absolute atomic E-state index is 11.1. The molecule has 92 valence electrons. The molecule has 0 saturated heterocycles. The zero-order chi connectivity index (χ0) is 11.9. The van der Waals surface area contributed by atoms with Crippen LogP contribution in [-0.4, -0.2) is 40.5 Å². The number of aliphatic hydroxyl groups is 1. The number of nitrogens with one attached hydrogen (secondary N) is 1. The molecule has 15 heavy (non-hydrogen) atoms. The van der Waals surface area contributed by atoms with Gasteiger partial charge in [0.25, 0.3) is 0 Å². The van der Waals surface area contributed by atoms with Gasteiger partial charge in [-0.3, -0.25) is 4.21 Å². The maximum atomic E-state index is 11.1. The van der Waals surface area contributed by atoms with Crippen molar-refractivity contribution in [1.82, 2.24) is 5.32 Å². The van der Waals surface area contributed by atoms with E-state index in [4.69, 9.17) is 0 Å². The zero-order valence-electron chi connectivity index (χ0n) is 10.4. The molecule has 0 aromatic heterocycles. The quantitative estimate of drug-likeness (QED) is 0.620. The summed E-state index contributed by atoms with van der Waals surface area (Å²) in [6, 6.07) is 0. The van der Waals surface area contributed by atoms with Gasteiger partial charge in [0.1, 0.15) is 0 Å². The first-order valence-electron chi connectivity index (χ1n) is 5.59. The van der Waals surface area contributed by atoms with E-state index in [1.165, 1.54) is 0 Å². The molecule has 0 aromatic rings. The van der Waals surface area contributed by atoms with Crippen molar-refractivity contribution in [3.05, 3.63) is 0 Å². The van der Waals surface area contributed by atoms with E-state index in [-0.39, 0.29) is 17.3 Å². The molecule has 0 spiro atoms. The van der Waals surface area contributed by atoms with Crippen LogP contribution in [0.5, 0.6) is 0 Å². The molecule has 3 unspecified atom stereocenters. The first kappa shape index (κ1) is 15.1. The van der Waals surface area contributed by atoms with Crippen molar-refractivity contribution in [3.63, 3.8) is 0 Å². The molecule has 0 aliphatic carbocycles. The van der Waals surface area contributed by atoms with Crippen molar-refractivity contribution < 1.29 is 9.32 Å². The number of hydrogen-bond acceptors (Lipinski definition) is 3. The molecule has 0 radical (unpaired) electrons. The van der Waals surface area contributed by atoms with Gasteiger partial charge in [0.2, 0.25) is 0 Å². The second kappa shape index (κ2) is 7.36. The molecule has 0 fully saturated rings. The van der Waals surface area contributed by atoms with E-state index in [0.29, 0.717) is 0 Å². The number of aliphatic hydroxyl groups excluding tert-OH is 1. The molecule has 0 saturated carbocycles. The van der Waals surface area contributed by atoms with Crippen molar-refractivity contribution in [2.24, 2.45) is 5.41 Å². The smallest absolute Gasteiger partial charge is 0.0496 e. The second-order valence-electron chi connectivity index (χ2n) is 4.60. The third-order valence-electron chi connectivity index (χ3n) is 3.08. The summed E-state index contributed by atoms with van der Waals surface area (Å²) in [4.78, 5) is 0. The van der Waals surface area contributed by atoms with Gasteiger partial charge in [0.05, 0.1) is 0 Å². The van der Waals surface area contributed by atoms with Crippen LogP contribution in [0, 0.1) is 5.41 Å². The van der Waals surface area contributed by atoms with Crippen LogP contribution < -0.4 is 5.32 Å². The molecule has 0 aliphatic rings. The Morgan fingerprint density at radius 2 is 2.13 bits per heavy atom. The molecular weight excluding hydrogens is 210 g/mol. The SMILES string of the molecule is CCC(C)(CO)CNCCC(C)S(C)=O. The highest BCUT2D eigenvalue weighted by Gasteiger charge is 2.20. The Morgan fingerprint density at radius 3 is 2.53 bits per heavy atom. The minimum Gasteiger partial charge on any atom is -0.396 e. The molecule has 0 bridgehead atoms. The molecule has 3 nitrogen and oxygen atoms in total. The van der Waals surface area contributed by atoms with Crippen molar-refractivity contribution in [2.45, 2.75) is 38.9 Å². The molecular formula is C11H25NO2S. The minimum absolute atomic E-state index is 0.0192. The number of rotatable bonds is 8. The van der Waals surface area contributed by atoms with E-state index >= 15 is 0 Å². The summed E-state index contributed by atoms with van der Waals surface area (Å²) in [6.45, 7) is 8.07. The summed E-state index contributed by atoms with van der Waals surface area (Å²) in [5.41, 5.74) is -0.0192. The Morgan fingerprint density at radius 1 is 1.53 bits per heavy atom. The van der Waals surface area contributed by atoms with E-state index < -0.39 is 10.8 Å². The minimum atomic E-state index is -0.728. The van der Waals surface area contributed by atoms with Crippen LogP contribution in [0.3, 0.4) is 0 Å². The monoisotopic (exact) mass is 235 g/mol. The molecule has 0 aliphatic heterocycles. The second-order valence-corrected chi connectivity index (χ2v) is 6.40. The fourth-order valence-electron chi connectivity index (χ4n) is 1.15. The lowest BCUT2D eigenvalue weighted by atomic mass is 9.89. The fourth-order valence-corrected chi connectivity index (χ4v) is 1.60. The van der Waals surface area contributed by atoms with Crippen molar-refractivity contribution in [3.8, 4) is 0 Å². The van der Waals surface area contributed by atoms with Crippen LogP contribution in [0.1, 0.15) is 33.6 Å². The van der Waals surface area contributed by atoms with Gasteiger partial charge in [-0.05, 0) is 19.4 Å². The van der Waals surface area contributed by atoms with Crippen molar-refractivity contribution >= 4 is 10.8 Å². The lowest BCUT2D eigenvalue weighted by Gasteiger charge is -2.26. The predicted octanol–water partition coefficient (Wildman–Crippen LogP) is 1.14. The Hall–Kier alpha value is 0.0700. The largest absolute Gasteiger partial charge is 0.396 e. The summed E-state index contributed by atoms with van der Waals surface area (Å²) in [5.74, 6) is 0. The molecule has 3 atom stereocenters. The molecule has 0 heterocycles. The third-order valence-corrected chi connectivity index (χ3v) is 4.45. The van der Waals surface area contributed by atoms with E-state index in [1.54, 1.807) is 6.26 Å². The highest BCUT2D eigenvalue weighted by atomic mass is 32.2. The van der Waals surface area contributed by atoms with E-state index in [2.05, 4.69) is 19.2 Å². The van der Waals surface area contributed by atoms with Gasteiger partial charge in [-0.1, -0.05) is 20.8 Å². The summed E-state index contributed by atoms with van der Waals surface area (Å²) in [6.07, 6.45) is 3.63. The standard InChI is InChI=1S/C11H25NO2S/c1-5-11(3,9-13)8-12-7-6-10(2)15(4)14/h10,12-13H,5-9H2,1-4H3. The van der Waals surface area contributed by atoms with Crippen LogP contribution in [0.4, 0.5) is 0 Å². The lowest BCUT2D eigenvalue weighted by Crippen LogP contribution is -2.35. The maximum Gasteiger partial charge on any atom is 0.0496 e. The topological polar surface area (TPSA) is 49.3 Å². The van der Waals surface area contributed by atoms with Gasteiger partial charge >= 0.3 is 0 Å². The molecule has 0 amide bonds. The van der Waals surface area contributed by atoms with E-state index in [0.717, 1.165) is 25.9 Å². The van der Waals surface area contributed by atoms with Gasteiger partial charge in [-0.15, -0.1) is 0 Å². The Labute approximate surface area is 96.1 Å². The first-order chi connectivity index (χ1) is 6.95. The van der Waals surface area contributed by atoms with Gasteiger partial charge in [0.15, 0.2) is 0 Å². The van der Waals surface area contributed by atoms with Crippen LogP contribution >= 0.6 is 0 Å². The lowest BCUT2D eigenvalue weighted by molar-refractivity contribution is 0.135. The van der Waals surface area contributed by atoms with E-state index in [1.807, 2.05) is 6.92 Å². The molecule has 0 rings (SSSR count). The highest BCUT2D eigenvalue weighted by Crippen LogP contribution is 2.18. The zero-order valence-corrected chi connectivity index (χ0v) is 11.2. The van der Waals surface area contributed by atoms with Crippen LogP contribution in [-0.2, 0) is 10.8 Å². The molecule has 0 aromatic carbocycles. The van der Waals surface area contributed by atoms with Gasteiger partial charge in [-0.25, -0.2) is 0 Å². The normalized spacial score (nSPS) is 19.5. The first-order valence-corrected chi connectivity index (χ1v) is 7.21. The highest BCUT2D eigenvalue weighted by molar-refractivity contribution is 7.84. The van der Waals surface area contributed by atoms with Crippen LogP contribution in [0.25, 0.3) is 0 Å². The fraction of sp³-hybridized carbons (Fsp3) is 1.00. The van der Waals surface area contributed by atoms with Gasteiger partial charge < -0.3 is 10.4 Å². The predicted molar refractivity (Wildman–Crippen MR) is 66.5 cm³/mol. The van der Waals surface area contributed by atoms with Gasteiger partial charge in [-0.2, -0.15) is 0 Å². The van der Waals surface area contributed by atoms with Crippen molar-refractivity contribution in [1.29, 1.82) is 0 Å². The van der Waals surface area contributed by atoms with Crippen LogP contribution in [0.15, 0.2) is 0 Å². The average molecular weight is 235 g/mol. The number of hydrogen-bond donors (Lipinski definition) is 2. The Bertz CT molecular complexity index is 193. The third kappa shape index (κ3) is 6.28. The molecule has 2 N–H and O–H groups in total. The summed E-state index contributed by atoms with van der Waals surface area (Å²) >= 11 is 0.